The lowest BCUT2D eigenvalue weighted by Crippen LogP contribution is -2.51. The van der Waals surface area contributed by atoms with Gasteiger partial charge in [-0.05, 0) is 65.4 Å². The number of rotatable bonds is 11. The number of halogens is 1. The fourth-order valence-electron chi connectivity index (χ4n) is 6.56. The molecule has 240 valence electrons. The molecule has 0 atom stereocenters. The monoisotopic (exact) mass is 609 g/mol. The van der Waals surface area contributed by atoms with E-state index in [1.807, 2.05) is 11.8 Å². The van der Waals surface area contributed by atoms with Gasteiger partial charge in [0, 0.05) is 63.4 Å². The second-order valence-electron chi connectivity index (χ2n) is 13.0. The summed E-state index contributed by atoms with van der Waals surface area (Å²) in [5.74, 6) is 1.70. The van der Waals surface area contributed by atoms with Crippen molar-refractivity contribution in [3.05, 3.63) is 42.1 Å². The van der Waals surface area contributed by atoms with Gasteiger partial charge in [0.25, 0.3) is 0 Å². The van der Waals surface area contributed by atoms with Gasteiger partial charge in [-0.3, -0.25) is 9.69 Å². The number of fused-ring (bicyclic) bond motifs is 1. The lowest BCUT2D eigenvalue weighted by atomic mass is 9.80. The number of hydrogen-bond donors (Lipinski definition) is 0. The zero-order chi connectivity index (χ0) is 31.3. The van der Waals surface area contributed by atoms with Gasteiger partial charge < -0.3 is 19.3 Å². The number of hydrogen-bond acceptors (Lipinski definition) is 8. The Labute approximate surface area is 260 Å². The number of carbonyl (C=O) groups is 1. The molecule has 0 bridgehead atoms. The van der Waals surface area contributed by atoms with Crippen LogP contribution in [0.25, 0.3) is 11.0 Å². The Bertz CT molecular complexity index is 1390. The summed E-state index contributed by atoms with van der Waals surface area (Å²) in [6.45, 7) is 14.7. The first kappa shape index (κ1) is 32.1. The number of piperazine rings is 1. The lowest BCUT2D eigenvalue weighted by Gasteiger charge is -2.41. The molecule has 0 spiro atoms. The Kier molecular flexibility index (Phi) is 10.4. The third-order valence-corrected chi connectivity index (χ3v) is 9.16. The number of aromatic nitrogens is 4. The fourth-order valence-corrected chi connectivity index (χ4v) is 6.56. The Hall–Kier alpha value is -3.31. The first-order chi connectivity index (χ1) is 21.2. The van der Waals surface area contributed by atoms with Crippen LogP contribution in [-0.4, -0.2) is 101 Å². The molecule has 0 N–H and O–H groups in total. The largest absolute Gasteiger partial charge is 0.491 e. The van der Waals surface area contributed by atoms with Gasteiger partial charge in [-0.25, -0.2) is 19.0 Å². The molecule has 3 heterocycles. The maximum absolute atomic E-state index is 15.0. The molecule has 1 amide bonds. The molecule has 1 saturated heterocycles. The van der Waals surface area contributed by atoms with E-state index in [-0.39, 0.29) is 29.6 Å². The summed E-state index contributed by atoms with van der Waals surface area (Å²) in [6, 6.07) is 5.15. The number of benzene rings is 1. The third kappa shape index (κ3) is 7.31. The van der Waals surface area contributed by atoms with E-state index in [0.29, 0.717) is 55.8 Å². The molecule has 0 radical (unpaired) electrons. The molecule has 44 heavy (non-hydrogen) atoms. The van der Waals surface area contributed by atoms with Crippen LogP contribution in [0.4, 0.5) is 10.2 Å². The molecule has 1 aliphatic heterocycles. The molecule has 2 fully saturated rings. The van der Waals surface area contributed by atoms with E-state index in [1.54, 1.807) is 36.2 Å². The maximum Gasteiger partial charge on any atom is 0.225 e. The SMILES string of the molecule is CCOc1cccc(Cn2ncc3c(N4CCN(C(=O)C5CCC(CN(CCOC)C(C)(C)C)CC5)CC4)ncnc32)c1F. The van der Waals surface area contributed by atoms with Crippen LogP contribution >= 0.6 is 0 Å². The van der Waals surface area contributed by atoms with Gasteiger partial charge in [-0.15, -0.1) is 0 Å². The minimum atomic E-state index is -0.379. The summed E-state index contributed by atoms with van der Waals surface area (Å²) in [6.07, 6.45) is 7.41. The minimum Gasteiger partial charge on any atom is -0.491 e. The number of anilines is 1. The minimum absolute atomic E-state index is 0.104. The molecule has 1 saturated carbocycles. The van der Waals surface area contributed by atoms with Crippen LogP contribution in [-0.2, 0) is 16.1 Å². The number of ether oxygens (including phenoxy) is 2. The van der Waals surface area contributed by atoms with Gasteiger partial charge >= 0.3 is 0 Å². The molecule has 11 heteroatoms. The highest BCUT2D eigenvalue weighted by Gasteiger charge is 2.33. The predicted molar refractivity (Wildman–Crippen MR) is 169 cm³/mol. The van der Waals surface area contributed by atoms with Crippen LogP contribution in [0.2, 0.25) is 0 Å². The van der Waals surface area contributed by atoms with Gasteiger partial charge in [0.15, 0.2) is 17.2 Å². The molecular weight excluding hydrogens is 561 g/mol. The van der Waals surface area contributed by atoms with E-state index in [9.17, 15) is 9.18 Å². The van der Waals surface area contributed by atoms with Crippen molar-refractivity contribution >= 4 is 22.8 Å². The van der Waals surface area contributed by atoms with Crippen LogP contribution in [0.15, 0.2) is 30.7 Å². The second-order valence-corrected chi connectivity index (χ2v) is 13.0. The quantitative estimate of drug-likeness (QED) is 0.312. The highest BCUT2D eigenvalue weighted by Crippen LogP contribution is 2.33. The number of amides is 1. The molecule has 1 aliphatic carbocycles. The van der Waals surface area contributed by atoms with E-state index in [1.165, 1.54) is 6.33 Å². The van der Waals surface area contributed by atoms with Crippen molar-refractivity contribution in [2.24, 2.45) is 11.8 Å². The Balaban J connectivity index is 1.16. The first-order valence-electron chi connectivity index (χ1n) is 16.0. The summed E-state index contributed by atoms with van der Waals surface area (Å²) < 4.78 is 27.4. The highest BCUT2D eigenvalue weighted by atomic mass is 19.1. The van der Waals surface area contributed by atoms with Gasteiger partial charge in [0.05, 0.1) is 31.3 Å². The molecule has 0 unspecified atom stereocenters. The molecule has 5 rings (SSSR count). The van der Waals surface area contributed by atoms with Crippen molar-refractivity contribution in [2.75, 3.05) is 64.5 Å². The summed E-state index contributed by atoms with van der Waals surface area (Å²) in [5, 5.41) is 5.35. The predicted octanol–water partition coefficient (Wildman–Crippen LogP) is 4.61. The summed E-state index contributed by atoms with van der Waals surface area (Å²) in [7, 11) is 1.76. The molecule has 1 aromatic carbocycles. The molecule has 2 aromatic heterocycles. The number of nitrogens with zero attached hydrogens (tertiary/aromatic N) is 7. The van der Waals surface area contributed by atoms with E-state index < -0.39 is 0 Å². The number of carbonyl (C=O) groups excluding carboxylic acids is 1. The first-order valence-corrected chi connectivity index (χ1v) is 16.0. The smallest absolute Gasteiger partial charge is 0.225 e. The standard InChI is InChI=1S/C33H48FN7O3/c1-6-44-28-9-7-8-26(29(28)34)22-41-31-27(20-37-41)30(35-23-36-31)38-14-16-39(17-15-38)32(42)25-12-10-24(11-13-25)21-40(18-19-43-5)33(2,3)4/h7-9,20,23-25H,6,10-19,21-22H2,1-5H3. The fraction of sp³-hybridized carbons (Fsp3) is 0.636. The van der Waals surface area contributed by atoms with Gasteiger partial charge in [0.1, 0.15) is 12.1 Å². The summed E-state index contributed by atoms with van der Waals surface area (Å²) in [4.78, 5) is 29.3. The maximum atomic E-state index is 15.0. The van der Waals surface area contributed by atoms with Gasteiger partial charge in [-0.1, -0.05) is 12.1 Å². The Morgan fingerprint density at radius 1 is 1.09 bits per heavy atom. The third-order valence-electron chi connectivity index (χ3n) is 9.16. The van der Waals surface area contributed by atoms with Crippen LogP contribution in [0.1, 0.15) is 58.9 Å². The Morgan fingerprint density at radius 2 is 1.84 bits per heavy atom. The van der Waals surface area contributed by atoms with E-state index >= 15 is 0 Å². The summed E-state index contributed by atoms with van der Waals surface area (Å²) >= 11 is 0. The van der Waals surface area contributed by atoms with E-state index in [2.05, 4.69) is 45.6 Å². The van der Waals surface area contributed by atoms with Gasteiger partial charge in [-0.2, -0.15) is 5.10 Å². The van der Waals surface area contributed by atoms with Crippen LogP contribution in [0, 0.1) is 17.7 Å². The van der Waals surface area contributed by atoms with Crippen molar-refractivity contribution in [3.63, 3.8) is 0 Å². The molecular formula is C33H48FN7O3. The van der Waals surface area contributed by atoms with E-state index in [0.717, 1.165) is 56.6 Å². The van der Waals surface area contributed by atoms with Crippen molar-refractivity contribution in [3.8, 4) is 5.75 Å². The average molecular weight is 610 g/mol. The second kappa shape index (κ2) is 14.2. The Morgan fingerprint density at radius 3 is 2.52 bits per heavy atom. The normalized spacial score (nSPS) is 19.6. The topological polar surface area (TPSA) is 88.9 Å². The van der Waals surface area contributed by atoms with Gasteiger partial charge in [0.2, 0.25) is 5.91 Å². The molecule has 3 aromatic rings. The van der Waals surface area contributed by atoms with Crippen molar-refractivity contribution in [2.45, 2.75) is 65.5 Å². The summed E-state index contributed by atoms with van der Waals surface area (Å²) in [5.41, 5.74) is 1.24. The van der Waals surface area contributed by atoms with Crippen molar-refractivity contribution in [1.82, 2.24) is 29.5 Å². The lowest BCUT2D eigenvalue weighted by molar-refractivity contribution is -0.137. The average Bonchev–Trinajstić information content (AvgIpc) is 3.43. The van der Waals surface area contributed by atoms with Crippen molar-refractivity contribution in [1.29, 1.82) is 0 Å². The zero-order valence-corrected chi connectivity index (χ0v) is 27.0. The molecule has 2 aliphatic rings. The zero-order valence-electron chi connectivity index (χ0n) is 27.0. The highest BCUT2D eigenvalue weighted by molar-refractivity contribution is 5.87. The van der Waals surface area contributed by atoms with E-state index in [4.69, 9.17) is 9.47 Å². The van der Waals surface area contributed by atoms with Crippen LogP contribution in [0.5, 0.6) is 5.75 Å². The van der Waals surface area contributed by atoms with Crippen LogP contribution in [0.3, 0.4) is 0 Å². The molecule has 10 nitrogen and oxygen atoms in total. The number of methoxy groups -OCH3 is 1. The van der Waals surface area contributed by atoms with Crippen molar-refractivity contribution < 1.29 is 18.7 Å². The van der Waals surface area contributed by atoms with Crippen LogP contribution < -0.4 is 9.64 Å².